The maximum absolute atomic E-state index is 12.4. The molecule has 0 amide bonds. The summed E-state index contributed by atoms with van der Waals surface area (Å²) in [6.45, 7) is 5.76. The van der Waals surface area contributed by atoms with Crippen LogP contribution in [0.15, 0.2) is 28.7 Å². The number of piperazine rings is 1. The molecular formula is C15H22N4O3S. The highest BCUT2D eigenvalue weighted by atomic mass is 32.2. The number of nitrogens with zero attached hydrogens (tertiary/aromatic N) is 2. The van der Waals surface area contributed by atoms with Gasteiger partial charge >= 0.3 is 0 Å². The van der Waals surface area contributed by atoms with Gasteiger partial charge in [-0.05, 0) is 19.1 Å². The van der Waals surface area contributed by atoms with Crippen molar-refractivity contribution < 1.29 is 12.8 Å². The van der Waals surface area contributed by atoms with Gasteiger partial charge in [0.05, 0.1) is 0 Å². The molecule has 3 rings (SSSR count). The fraction of sp³-hybridized carbons (Fsp3) is 0.533. The van der Waals surface area contributed by atoms with Crippen molar-refractivity contribution in [3.63, 3.8) is 0 Å². The van der Waals surface area contributed by atoms with Gasteiger partial charge in [0.2, 0.25) is 0 Å². The number of para-hydroxylation sites is 2. The first kappa shape index (κ1) is 16.4. The Labute approximate surface area is 136 Å². The van der Waals surface area contributed by atoms with Crippen molar-refractivity contribution >= 4 is 21.3 Å². The van der Waals surface area contributed by atoms with Crippen molar-refractivity contribution in [2.75, 3.05) is 26.2 Å². The van der Waals surface area contributed by atoms with Crippen LogP contribution in [0.4, 0.5) is 0 Å². The Morgan fingerprint density at radius 2 is 2.26 bits per heavy atom. The van der Waals surface area contributed by atoms with E-state index in [1.165, 1.54) is 4.31 Å². The van der Waals surface area contributed by atoms with E-state index in [-0.39, 0.29) is 18.5 Å². The van der Waals surface area contributed by atoms with Gasteiger partial charge in [0.15, 0.2) is 11.5 Å². The Balaban J connectivity index is 1.64. The highest BCUT2D eigenvalue weighted by molar-refractivity contribution is 7.87. The van der Waals surface area contributed by atoms with E-state index in [9.17, 15) is 8.42 Å². The lowest BCUT2D eigenvalue weighted by atomic mass is 10.2. The van der Waals surface area contributed by atoms with E-state index >= 15 is 0 Å². The summed E-state index contributed by atoms with van der Waals surface area (Å²) < 4.78 is 34.6. The summed E-state index contributed by atoms with van der Waals surface area (Å²) in [6.07, 6.45) is 0. The minimum Gasteiger partial charge on any atom is -0.440 e. The lowest BCUT2D eigenvalue weighted by Crippen LogP contribution is -2.54. The largest absolute Gasteiger partial charge is 0.440 e. The summed E-state index contributed by atoms with van der Waals surface area (Å²) >= 11 is 0. The van der Waals surface area contributed by atoms with E-state index in [0.717, 1.165) is 5.52 Å². The van der Waals surface area contributed by atoms with Gasteiger partial charge in [-0.15, -0.1) is 0 Å². The van der Waals surface area contributed by atoms with Crippen molar-refractivity contribution in [3.05, 3.63) is 30.2 Å². The molecule has 1 aliphatic heterocycles. The first-order valence-corrected chi connectivity index (χ1v) is 9.23. The lowest BCUT2D eigenvalue weighted by Gasteiger charge is -2.31. The van der Waals surface area contributed by atoms with Crippen molar-refractivity contribution in [2.24, 2.45) is 0 Å². The molecule has 0 saturated carbocycles. The van der Waals surface area contributed by atoms with Gasteiger partial charge in [-0.1, -0.05) is 19.1 Å². The summed E-state index contributed by atoms with van der Waals surface area (Å²) in [5.74, 6) is 0.403. The standard InChI is InChI=1S/C15H22N4O3S/c1-11(15-18-13-5-3-4-6-14(13)22-15)9-17-23(20,21)19-8-7-16-12(2)10-19/h3-6,11-12,16-17H,7-10H2,1-2H3. The second-order valence-corrected chi connectivity index (χ2v) is 7.74. The van der Waals surface area contributed by atoms with E-state index in [4.69, 9.17) is 4.42 Å². The third-order valence-electron chi connectivity index (χ3n) is 3.98. The number of hydrogen-bond acceptors (Lipinski definition) is 5. The Morgan fingerprint density at radius 3 is 3.00 bits per heavy atom. The second-order valence-electron chi connectivity index (χ2n) is 5.99. The topological polar surface area (TPSA) is 87.5 Å². The zero-order valence-corrected chi connectivity index (χ0v) is 14.1. The van der Waals surface area contributed by atoms with Crippen LogP contribution in [0.25, 0.3) is 11.1 Å². The second kappa shape index (κ2) is 6.56. The van der Waals surface area contributed by atoms with Crippen LogP contribution >= 0.6 is 0 Å². The van der Waals surface area contributed by atoms with Crippen molar-refractivity contribution in [1.29, 1.82) is 0 Å². The molecule has 8 heteroatoms. The Hall–Kier alpha value is -1.48. The third-order valence-corrected chi connectivity index (χ3v) is 5.52. The van der Waals surface area contributed by atoms with Crippen LogP contribution in [-0.4, -0.2) is 49.9 Å². The average molecular weight is 338 g/mol. The monoisotopic (exact) mass is 338 g/mol. The zero-order chi connectivity index (χ0) is 16.4. The van der Waals surface area contributed by atoms with E-state index in [2.05, 4.69) is 15.0 Å². The summed E-state index contributed by atoms with van der Waals surface area (Å²) in [5, 5.41) is 3.23. The summed E-state index contributed by atoms with van der Waals surface area (Å²) in [6, 6.07) is 7.67. The molecule has 1 fully saturated rings. The molecule has 0 radical (unpaired) electrons. The van der Waals surface area contributed by atoms with Crippen LogP contribution in [0.3, 0.4) is 0 Å². The minimum atomic E-state index is -3.48. The first-order chi connectivity index (χ1) is 11.0. The first-order valence-electron chi connectivity index (χ1n) is 7.79. The molecule has 2 heterocycles. The molecule has 1 aliphatic rings. The molecular weight excluding hydrogens is 316 g/mol. The van der Waals surface area contributed by atoms with Crippen LogP contribution in [-0.2, 0) is 10.2 Å². The predicted octanol–water partition coefficient (Wildman–Crippen LogP) is 1.06. The van der Waals surface area contributed by atoms with Gasteiger partial charge in [-0.25, -0.2) is 9.71 Å². The molecule has 0 aliphatic carbocycles. The van der Waals surface area contributed by atoms with E-state index in [1.54, 1.807) is 0 Å². The molecule has 0 spiro atoms. The maximum Gasteiger partial charge on any atom is 0.279 e. The smallest absolute Gasteiger partial charge is 0.279 e. The lowest BCUT2D eigenvalue weighted by molar-refractivity contribution is 0.306. The molecule has 7 nitrogen and oxygen atoms in total. The molecule has 2 atom stereocenters. The van der Waals surface area contributed by atoms with Crippen molar-refractivity contribution in [2.45, 2.75) is 25.8 Å². The Morgan fingerprint density at radius 1 is 1.48 bits per heavy atom. The molecule has 23 heavy (non-hydrogen) atoms. The number of rotatable bonds is 5. The summed E-state index contributed by atoms with van der Waals surface area (Å²) in [4.78, 5) is 4.41. The van der Waals surface area contributed by atoms with Crippen LogP contribution < -0.4 is 10.0 Å². The zero-order valence-electron chi connectivity index (χ0n) is 13.3. The normalized spacial score (nSPS) is 21.6. The van der Waals surface area contributed by atoms with Crippen LogP contribution in [0, 0.1) is 0 Å². The van der Waals surface area contributed by atoms with Gasteiger partial charge in [-0.2, -0.15) is 12.7 Å². The molecule has 1 aromatic carbocycles. The third kappa shape index (κ3) is 3.72. The molecule has 2 N–H and O–H groups in total. The highest BCUT2D eigenvalue weighted by Crippen LogP contribution is 2.21. The van der Waals surface area contributed by atoms with E-state index < -0.39 is 10.2 Å². The fourth-order valence-electron chi connectivity index (χ4n) is 2.62. The summed E-state index contributed by atoms with van der Waals surface area (Å²) in [7, 11) is -3.48. The van der Waals surface area contributed by atoms with Crippen molar-refractivity contribution in [1.82, 2.24) is 19.3 Å². The molecule has 0 bridgehead atoms. The van der Waals surface area contributed by atoms with Gasteiger partial charge < -0.3 is 9.73 Å². The number of hydrogen-bond donors (Lipinski definition) is 2. The van der Waals surface area contributed by atoms with Gasteiger partial charge in [0, 0.05) is 38.1 Å². The van der Waals surface area contributed by atoms with Crippen molar-refractivity contribution in [3.8, 4) is 0 Å². The summed E-state index contributed by atoms with van der Waals surface area (Å²) in [5.41, 5.74) is 1.50. The minimum absolute atomic E-state index is 0.141. The Kier molecular flexibility index (Phi) is 4.67. The van der Waals surface area contributed by atoms with E-state index in [1.807, 2.05) is 38.1 Å². The number of nitrogens with one attached hydrogen (secondary N) is 2. The quantitative estimate of drug-likeness (QED) is 0.851. The molecule has 1 aromatic heterocycles. The van der Waals surface area contributed by atoms with Gasteiger partial charge in [-0.3, -0.25) is 0 Å². The Bertz CT molecular complexity index is 741. The fourth-order valence-corrected chi connectivity index (χ4v) is 4.02. The predicted molar refractivity (Wildman–Crippen MR) is 88.4 cm³/mol. The van der Waals surface area contributed by atoms with E-state index in [0.29, 0.717) is 31.1 Å². The van der Waals surface area contributed by atoms with Gasteiger partial charge in [0.1, 0.15) is 5.52 Å². The molecule has 1 saturated heterocycles. The number of fused-ring (bicyclic) bond motifs is 1. The number of benzene rings is 1. The number of aromatic nitrogens is 1. The highest BCUT2D eigenvalue weighted by Gasteiger charge is 2.27. The van der Waals surface area contributed by atoms with Crippen LogP contribution in [0.2, 0.25) is 0 Å². The average Bonchev–Trinajstić information content (AvgIpc) is 2.97. The molecule has 2 aromatic rings. The SMILES string of the molecule is CC1CN(S(=O)(=O)NCC(C)c2nc3ccccc3o2)CCN1. The number of oxazole rings is 1. The molecule has 2 unspecified atom stereocenters. The van der Waals surface area contributed by atoms with Crippen LogP contribution in [0.5, 0.6) is 0 Å². The van der Waals surface area contributed by atoms with Crippen LogP contribution in [0.1, 0.15) is 25.7 Å². The maximum atomic E-state index is 12.4. The van der Waals surface area contributed by atoms with Gasteiger partial charge in [0.25, 0.3) is 10.2 Å². The molecule has 126 valence electrons.